The van der Waals surface area contributed by atoms with Gasteiger partial charge in [0.2, 0.25) is 0 Å². The first-order valence-electron chi connectivity index (χ1n) is 9.43. The maximum Gasteiger partial charge on any atom is 0.259 e. The number of nitrogens with zero attached hydrogens (tertiary/aromatic N) is 3. The van der Waals surface area contributed by atoms with E-state index in [9.17, 15) is 4.21 Å². The van der Waals surface area contributed by atoms with Gasteiger partial charge in [-0.05, 0) is 35.7 Å². The molecule has 0 saturated heterocycles. The van der Waals surface area contributed by atoms with Crippen LogP contribution in [0.25, 0.3) is 22.3 Å². The lowest BCUT2D eigenvalue weighted by Gasteiger charge is -2.11. The molecule has 0 spiro atoms. The maximum absolute atomic E-state index is 11.2. The van der Waals surface area contributed by atoms with E-state index in [4.69, 9.17) is 9.54 Å². The van der Waals surface area contributed by atoms with Crippen molar-refractivity contribution in [1.82, 2.24) is 14.5 Å². The average Bonchev–Trinajstić information content (AvgIpc) is 3.08. The molecule has 0 aliphatic heterocycles. The monoisotopic (exact) mass is 406 g/mol. The summed E-state index contributed by atoms with van der Waals surface area (Å²) in [6.07, 6.45) is 2.67. The van der Waals surface area contributed by atoms with Crippen LogP contribution in [0.15, 0.2) is 60.8 Å². The molecular weight excluding hydrogens is 384 g/mol. The van der Waals surface area contributed by atoms with Crippen molar-refractivity contribution >= 4 is 28.1 Å². The summed E-state index contributed by atoms with van der Waals surface area (Å²) in [5.41, 5.74) is 6.61. The number of imidazole rings is 1. The molecule has 0 amide bonds. The molecule has 2 N–H and O–H groups in total. The van der Waals surface area contributed by atoms with Gasteiger partial charge in [-0.25, -0.2) is 14.2 Å². The molecule has 0 radical (unpaired) electrons. The number of fused-ring (bicyclic) bond motifs is 1. The number of nitrogens with one attached hydrogen (secondary N) is 1. The predicted octanol–water partition coefficient (Wildman–Crippen LogP) is 4.57. The highest BCUT2D eigenvalue weighted by Crippen LogP contribution is 2.28. The van der Waals surface area contributed by atoms with Gasteiger partial charge in [0.25, 0.3) is 11.3 Å². The highest BCUT2D eigenvalue weighted by molar-refractivity contribution is 7.80. The number of hydrogen-bond donors (Lipinski definition) is 2. The van der Waals surface area contributed by atoms with E-state index in [-0.39, 0.29) is 0 Å². The lowest BCUT2D eigenvalue weighted by Crippen LogP contribution is -2.05. The molecule has 0 aliphatic rings. The first kappa shape index (κ1) is 19.3. The third-order valence-electron chi connectivity index (χ3n) is 4.96. The Labute approximate surface area is 172 Å². The smallest absolute Gasteiger partial charge is 0.259 e. The SMILES string of the molecule is CCc1nc2c(C)ccnc2n1Cc1ccc(-c2ccccc2NS(=O)O)cc1. The number of aromatic nitrogens is 3. The number of para-hydroxylation sites is 1. The summed E-state index contributed by atoms with van der Waals surface area (Å²) >= 11 is -2.11. The molecule has 0 aliphatic carbocycles. The minimum absolute atomic E-state index is 0.620. The van der Waals surface area contributed by atoms with E-state index in [1.807, 2.05) is 42.6 Å². The zero-order chi connectivity index (χ0) is 20.4. The van der Waals surface area contributed by atoms with Gasteiger partial charge in [0.05, 0.1) is 12.2 Å². The minimum Gasteiger partial charge on any atom is -0.308 e. The fourth-order valence-corrected chi connectivity index (χ4v) is 3.88. The largest absolute Gasteiger partial charge is 0.308 e. The number of aryl methyl sites for hydroxylation is 2. The Morgan fingerprint density at radius 1 is 1.10 bits per heavy atom. The molecule has 4 aromatic rings. The van der Waals surface area contributed by atoms with E-state index in [1.54, 1.807) is 6.07 Å². The summed E-state index contributed by atoms with van der Waals surface area (Å²) in [5.74, 6) is 1.02. The second-order valence-corrected chi connectivity index (χ2v) is 7.56. The van der Waals surface area contributed by atoms with Crippen LogP contribution in [-0.4, -0.2) is 23.3 Å². The van der Waals surface area contributed by atoms with Crippen LogP contribution in [-0.2, 0) is 24.2 Å². The minimum atomic E-state index is -2.11. The highest BCUT2D eigenvalue weighted by Gasteiger charge is 2.13. The second kappa shape index (κ2) is 8.14. The second-order valence-electron chi connectivity index (χ2n) is 6.86. The summed E-state index contributed by atoms with van der Waals surface area (Å²) in [4.78, 5) is 9.32. The number of pyridine rings is 1. The van der Waals surface area contributed by atoms with Crippen LogP contribution >= 0.6 is 0 Å². The molecule has 4 rings (SSSR count). The number of anilines is 1. The topological polar surface area (TPSA) is 80.0 Å². The molecular formula is C22H22N4O2S. The first-order chi connectivity index (χ1) is 14.1. The van der Waals surface area contributed by atoms with Gasteiger partial charge in [-0.15, -0.1) is 0 Å². The van der Waals surface area contributed by atoms with Crippen LogP contribution in [0.1, 0.15) is 23.9 Å². The number of hydrogen-bond acceptors (Lipinski definition) is 3. The van der Waals surface area contributed by atoms with Crippen LogP contribution in [0.3, 0.4) is 0 Å². The average molecular weight is 407 g/mol. The van der Waals surface area contributed by atoms with Gasteiger partial charge < -0.3 is 4.57 Å². The van der Waals surface area contributed by atoms with Crippen LogP contribution in [0.4, 0.5) is 5.69 Å². The third-order valence-corrected chi connectivity index (χ3v) is 5.36. The molecule has 1 unspecified atom stereocenters. The van der Waals surface area contributed by atoms with Crippen LogP contribution in [0.5, 0.6) is 0 Å². The molecule has 2 heterocycles. The number of benzene rings is 2. The Hall–Kier alpha value is -3.03. The van der Waals surface area contributed by atoms with E-state index in [1.165, 1.54) is 0 Å². The van der Waals surface area contributed by atoms with Crippen molar-refractivity contribution in [1.29, 1.82) is 0 Å². The Bertz CT molecular complexity index is 1190. The van der Waals surface area contributed by atoms with Gasteiger partial charge in [-0.3, -0.25) is 9.27 Å². The van der Waals surface area contributed by atoms with Gasteiger partial charge in [0.15, 0.2) is 5.65 Å². The molecule has 0 bridgehead atoms. The van der Waals surface area contributed by atoms with E-state index in [0.717, 1.165) is 45.7 Å². The summed E-state index contributed by atoms with van der Waals surface area (Å²) in [7, 11) is 0. The molecule has 7 heteroatoms. The normalized spacial score (nSPS) is 12.2. The standard InChI is InChI=1S/C22H22N4O2S/c1-3-20-24-21-15(2)12-13-23-22(21)26(20)14-16-8-10-17(11-9-16)18-6-4-5-7-19(18)25-29(27)28/h4-13,25H,3,14H2,1-2H3,(H,27,28). The van der Waals surface area contributed by atoms with Gasteiger partial charge in [-0.2, -0.15) is 0 Å². The zero-order valence-corrected chi connectivity index (χ0v) is 17.1. The highest BCUT2D eigenvalue weighted by atomic mass is 32.2. The number of rotatable bonds is 6. The molecule has 29 heavy (non-hydrogen) atoms. The van der Waals surface area contributed by atoms with Crippen molar-refractivity contribution < 1.29 is 8.76 Å². The van der Waals surface area contributed by atoms with E-state index < -0.39 is 11.3 Å². The summed E-state index contributed by atoms with van der Waals surface area (Å²) in [5, 5.41) is 0. The molecule has 2 aromatic heterocycles. The summed E-state index contributed by atoms with van der Waals surface area (Å²) in [6, 6.07) is 17.6. The zero-order valence-electron chi connectivity index (χ0n) is 16.3. The van der Waals surface area contributed by atoms with E-state index in [2.05, 4.69) is 40.3 Å². The quantitative estimate of drug-likeness (QED) is 0.460. The third kappa shape index (κ3) is 3.92. The fraction of sp³-hybridized carbons (Fsp3) is 0.182. The Morgan fingerprint density at radius 2 is 1.86 bits per heavy atom. The van der Waals surface area contributed by atoms with Crippen molar-refractivity contribution in [2.45, 2.75) is 26.8 Å². The van der Waals surface area contributed by atoms with Gasteiger partial charge in [0, 0.05) is 18.2 Å². The van der Waals surface area contributed by atoms with E-state index >= 15 is 0 Å². The van der Waals surface area contributed by atoms with Crippen LogP contribution < -0.4 is 4.72 Å². The lowest BCUT2D eigenvalue weighted by atomic mass is 10.0. The molecule has 0 fully saturated rings. The van der Waals surface area contributed by atoms with Gasteiger partial charge >= 0.3 is 0 Å². The van der Waals surface area contributed by atoms with Crippen molar-refractivity contribution in [2.75, 3.05) is 4.72 Å². The molecule has 6 nitrogen and oxygen atoms in total. The maximum atomic E-state index is 11.2. The van der Waals surface area contributed by atoms with Crippen LogP contribution in [0.2, 0.25) is 0 Å². The lowest BCUT2D eigenvalue weighted by molar-refractivity contribution is 0.570. The first-order valence-corrected chi connectivity index (χ1v) is 10.5. The molecule has 1 atom stereocenters. The Balaban J connectivity index is 1.66. The summed E-state index contributed by atoms with van der Waals surface area (Å²) in [6.45, 7) is 4.85. The summed E-state index contributed by atoms with van der Waals surface area (Å²) < 4.78 is 25.1. The van der Waals surface area contributed by atoms with Crippen molar-refractivity contribution in [3.8, 4) is 11.1 Å². The van der Waals surface area contributed by atoms with E-state index in [0.29, 0.717) is 12.2 Å². The van der Waals surface area contributed by atoms with Crippen molar-refractivity contribution in [2.24, 2.45) is 0 Å². The Morgan fingerprint density at radius 3 is 2.59 bits per heavy atom. The predicted molar refractivity (Wildman–Crippen MR) is 117 cm³/mol. The fourth-order valence-electron chi connectivity index (χ4n) is 3.51. The molecule has 2 aromatic carbocycles. The van der Waals surface area contributed by atoms with Crippen LogP contribution in [0, 0.1) is 6.92 Å². The Kier molecular flexibility index (Phi) is 5.42. The van der Waals surface area contributed by atoms with Crippen molar-refractivity contribution in [3.05, 3.63) is 77.7 Å². The van der Waals surface area contributed by atoms with Gasteiger partial charge in [-0.1, -0.05) is 49.4 Å². The van der Waals surface area contributed by atoms with Gasteiger partial charge in [0.1, 0.15) is 11.3 Å². The van der Waals surface area contributed by atoms with Crippen molar-refractivity contribution in [3.63, 3.8) is 0 Å². The molecule has 0 saturated carbocycles. The molecule has 148 valence electrons.